The number of aliphatic hydroxyl groups is 3. The second-order valence-electron chi connectivity index (χ2n) is 10.4. The van der Waals surface area contributed by atoms with E-state index in [2.05, 4.69) is 15.0 Å². The summed E-state index contributed by atoms with van der Waals surface area (Å²) in [6, 6.07) is 11.3. The number of aryl methyl sites for hydroxylation is 1. The molecule has 0 aliphatic heterocycles. The Bertz CT molecular complexity index is 1550. The van der Waals surface area contributed by atoms with Gasteiger partial charge in [0.25, 0.3) is 10.0 Å². The van der Waals surface area contributed by atoms with Crippen molar-refractivity contribution in [2.24, 2.45) is 11.7 Å². The van der Waals surface area contributed by atoms with Crippen molar-refractivity contribution in [3.63, 3.8) is 0 Å². The first kappa shape index (κ1) is 31.1. The number of hydrogen-bond acceptors (Lipinski definition) is 11. The second kappa shape index (κ2) is 13.0. The summed E-state index contributed by atoms with van der Waals surface area (Å²) in [5, 5.41) is 41.3. The number of carbonyl (C=O) groups is 1. The van der Waals surface area contributed by atoms with Crippen molar-refractivity contribution in [2.45, 2.75) is 48.2 Å². The van der Waals surface area contributed by atoms with Crippen LogP contribution in [0.2, 0.25) is 0 Å². The van der Waals surface area contributed by atoms with Crippen LogP contribution in [0, 0.1) is 5.92 Å². The van der Waals surface area contributed by atoms with Crippen molar-refractivity contribution in [1.82, 2.24) is 10.3 Å². The molecule has 14 heteroatoms. The molecule has 1 saturated carbocycles. The molecule has 1 fully saturated rings. The van der Waals surface area contributed by atoms with Gasteiger partial charge in [0.15, 0.2) is 5.03 Å². The molecule has 2 heterocycles. The number of anilines is 1. The molecule has 2 atom stereocenters. The summed E-state index contributed by atoms with van der Waals surface area (Å²) in [6.45, 7) is -2.11. The number of sulfonamides is 1. The van der Waals surface area contributed by atoms with Crippen molar-refractivity contribution < 1.29 is 38.1 Å². The Morgan fingerprint density at radius 2 is 1.81 bits per heavy atom. The molecule has 8 N–H and O–H groups in total. The zero-order chi connectivity index (χ0) is 30.5. The fraction of sp³-hybridized carbons (Fsp3) is 0.393. The highest BCUT2D eigenvalue weighted by Crippen LogP contribution is 2.48. The topological polar surface area (TPSA) is 225 Å². The van der Waals surface area contributed by atoms with Gasteiger partial charge in [0.2, 0.25) is 5.91 Å². The molecular weight excluding hydrogens is 568 g/mol. The first-order valence-corrected chi connectivity index (χ1v) is 14.8. The average molecular weight is 603 g/mol. The van der Waals surface area contributed by atoms with E-state index in [4.69, 9.17) is 10.2 Å². The van der Waals surface area contributed by atoms with Crippen LogP contribution in [-0.2, 0) is 21.2 Å². The van der Waals surface area contributed by atoms with Crippen molar-refractivity contribution in [3.8, 4) is 5.75 Å². The summed E-state index contributed by atoms with van der Waals surface area (Å²) >= 11 is 0. The van der Waals surface area contributed by atoms with Crippen LogP contribution in [0.15, 0.2) is 69.0 Å². The summed E-state index contributed by atoms with van der Waals surface area (Å²) in [7, 11) is -3.95. The molecule has 42 heavy (non-hydrogen) atoms. The lowest BCUT2D eigenvalue weighted by Crippen LogP contribution is -2.60. The van der Waals surface area contributed by atoms with Crippen molar-refractivity contribution in [2.75, 3.05) is 24.5 Å². The molecule has 0 bridgehead atoms. The third kappa shape index (κ3) is 7.14. The normalized spacial score (nSPS) is 15.1. The molecule has 226 valence electrons. The zero-order valence-corrected chi connectivity index (χ0v) is 23.5. The summed E-state index contributed by atoms with van der Waals surface area (Å²) in [6.07, 6.45) is 2.99. The third-order valence-corrected chi connectivity index (χ3v) is 8.46. The van der Waals surface area contributed by atoms with Gasteiger partial charge in [-0.05, 0) is 55.0 Å². The molecule has 2 unspecified atom stereocenters. The number of aliphatic hydroxyl groups excluding tert-OH is 3. The fourth-order valence-electron chi connectivity index (χ4n) is 4.61. The smallest absolute Gasteiger partial charge is 0.343 e. The largest absolute Gasteiger partial charge is 0.507 e. The number of hydrogen-bond donors (Lipinski definition) is 7. The number of rotatable bonds is 14. The molecule has 2 aromatic heterocycles. The van der Waals surface area contributed by atoms with Crippen molar-refractivity contribution in [3.05, 3.63) is 82.0 Å². The third-order valence-electron chi connectivity index (χ3n) is 7.17. The van der Waals surface area contributed by atoms with E-state index in [1.165, 1.54) is 18.3 Å². The SMILES string of the molecule is NC(CCc1cc(O)c(C(c2cccc(NS(=O)(=O)c3ccccn3)c2)C2CC2)c(=O)o1)C(=O)NC(CO)(CO)CO. The maximum absolute atomic E-state index is 13.1. The van der Waals surface area contributed by atoms with Gasteiger partial charge in [-0.3, -0.25) is 9.52 Å². The van der Waals surface area contributed by atoms with E-state index < -0.39 is 58.9 Å². The summed E-state index contributed by atoms with van der Waals surface area (Å²) in [5.41, 5.74) is 4.46. The number of pyridine rings is 1. The zero-order valence-electron chi connectivity index (χ0n) is 22.6. The number of nitrogens with two attached hydrogens (primary N) is 1. The average Bonchev–Trinajstić information content (AvgIpc) is 3.82. The Kier molecular flexibility index (Phi) is 9.64. The maximum atomic E-state index is 13.1. The van der Waals surface area contributed by atoms with Crippen molar-refractivity contribution in [1.29, 1.82) is 0 Å². The predicted octanol–water partition coefficient (Wildman–Crippen LogP) is 0.175. The Balaban J connectivity index is 1.52. The number of nitrogens with zero attached hydrogens (tertiary/aromatic N) is 1. The molecule has 0 saturated heterocycles. The Morgan fingerprint density at radius 3 is 2.40 bits per heavy atom. The van der Waals surface area contributed by atoms with Crippen LogP contribution in [0.4, 0.5) is 5.69 Å². The summed E-state index contributed by atoms with van der Waals surface area (Å²) < 4.78 is 33.5. The van der Waals surface area contributed by atoms with Crippen LogP contribution in [-0.4, -0.2) is 71.1 Å². The van der Waals surface area contributed by atoms with E-state index in [9.17, 15) is 38.4 Å². The number of benzene rings is 1. The predicted molar refractivity (Wildman–Crippen MR) is 151 cm³/mol. The minimum absolute atomic E-state index is 0.00353. The van der Waals surface area contributed by atoms with Crippen LogP contribution < -0.4 is 21.4 Å². The van der Waals surface area contributed by atoms with Crippen LogP contribution in [0.25, 0.3) is 0 Å². The summed E-state index contributed by atoms with van der Waals surface area (Å²) in [5.74, 6) is -1.45. The van der Waals surface area contributed by atoms with Gasteiger partial charge in [-0.1, -0.05) is 18.2 Å². The Labute approximate surface area is 242 Å². The van der Waals surface area contributed by atoms with Gasteiger partial charge in [0, 0.05) is 30.3 Å². The summed E-state index contributed by atoms with van der Waals surface area (Å²) in [4.78, 5) is 29.4. The minimum atomic E-state index is -3.95. The van der Waals surface area contributed by atoms with Crippen LogP contribution in [0.1, 0.15) is 42.1 Å². The van der Waals surface area contributed by atoms with E-state index in [1.807, 2.05) is 0 Å². The second-order valence-corrected chi connectivity index (χ2v) is 12.0. The van der Waals surface area contributed by atoms with E-state index in [0.29, 0.717) is 5.56 Å². The first-order valence-electron chi connectivity index (χ1n) is 13.3. The van der Waals surface area contributed by atoms with Gasteiger partial charge in [-0.15, -0.1) is 0 Å². The number of aromatic hydroxyl groups is 1. The molecule has 0 radical (unpaired) electrons. The lowest BCUT2D eigenvalue weighted by Gasteiger charge is -2.30. The number of carbonyl (C=O) groups excluding carboxylic acids is 1. The molecule has 4 rings (SSSR count). The van der Waals surface area contributed by atoms with E-state index in [-0.39, 0.29) is 46.5 Å². The number of amides is 1. The van der Waals surface area contributed by atoms with Gasteiger partial charge >= 0.3 is 5.63 Å². The van der Waals surface area contributed by atoms with Gasteiger partial charge in [0.1, 0.15) is 17.0 Å². The molecular formula is C28H34N4O9S. The highest BCUT2D eigenvalue weighted by atomic mass is 32.2. The fourth-order valence-corrected chi connectivity index (χ4v) is 5.61. The molecule has 13 nitrogen and oxygen atoms in total. The standard InChI is InChI=1S/C28H34N4O9S/c29-21(26(37)31-28(14-33,15-34)16-35)10-9-20-13-22(36)25(27(38)41-20)24(17-7-8-17)18-4-3-5-19(12-18)32-42(39,40)23-6-1-2-11-30-23/h1-6,11-13,17,21,24,32-36H,7-10,14-16,29H2,(H,31,37). The number of nitrogens with one attached hydrogen (secondary N) is 2. The van der Waals surface area contributed by atoms with Gasteiger partial charge in [-0.2, -0.15) is 8.42 Å². The molecule has 1 aliphatic rings. The quantitative estimate of drug-likeness (QED) is 0.132. The van der Waals surface area contributed by atoms with Crippen LogP contribution in [0.3, 0.4) is 0 Å². The number of aromatic nitrogens is 1. The lowest BCUT2D eigenvalue weighted by atomic mass is 9.87. The molecule has 3 aromatic rings. The highest BCUT2D eigenvalue weighted by molar-refractivity contribution is 7.92. The van der Waals surface area contributed by atoms with E-state index >= 15 is 0 Å². The first-order chi connectivity index (χ1) is 20.0. The van der Waals surface area contributed by atoms with Gasteiger partial charge in [-0.25, -0.2) is 9.78 Å². The lowest BCUT2D eigenvalue weighted by molar-refractivity contribution is -0.126. The molecule has 1 amide bonds. The monoisotopic (exact) mass is 602 g/mol. The van der Waals surface area contributed by atoms with Crippen LogP contribution >= 0.6 is 0 Å². The van der Waals surface area contributed by atoms with Gasteiger partial charge in [0.05, 0.1) is 31.4 Å². The molecule has 0 spiro atoms. The molecule has 1 aliphatic carbocycles. The Hall–Kier alpha value is -3.82. The Morgan fingerprint density at radius 1 is 1.10 bits per heavy atom. The highest BCUT2D eigenvalue weighted by Gasteiger charge is 2.38. The maximum Gasteiger partial charge on any atom is 0.343 e. The van der Waals surface area contributed by atoms with E-state index in [0.717, 1.165) is 12.8 Å². The van der Waals surface area contributed by atoms with E-state index in [1.54, 1.807) is 36.4 Å². The molecule has 1 aromatic carbocycles. The van der Waals surface area contributed by atoms with Crippen LogP contribution in [0.5, 0.6) is 5.75 Å². The van der Waals surface area contributed by atoms with Gasteiger partial charge < -0.3 is 35.9 Å². The minimum Gasteiger partial charge on any atom is -0.507 e. The van der Waals surface area contributed by atoms with Crippen molar-refractivity contribution >= 4 is 21.6 Å².